The van der Waals surface area contributed by atoms with Gasteiger partial charge in [0, 0.05) is 38.0 Å². The van der Waals surface area contributed by atoms with E-state index in [-0.39, 0.29) is 61.7 Å². The van der Waals surface area contributed by atoms with Crippen LogP contribution < -0.4 is 15.8 Å². The molecule has 1 aliphatic rings. The van der Waals surface area contributed by atoms with Gasteiger partial charge in [0.2, 0.25) is 5.91 Å². The van der Waals surface area contributed by atoms with Crippen molar-refractivity contribution in [3.8, 4) is 5.75 Å². The fourth-order valence-corrected chi connectivity index (χ4v) is 4.39. The normalized spacial score (nSPS) is 13.8. The monoisotopic (exact) mass is 573 g/mol. The average Bonchev–Trinajstić information content (AvgIpc) is 2.94. The zero-order chi connectivity index (χ0) is 30.1. The molecule has 15 nitrogen and oxygen atoms in total. The number of hydrogen-bond donors (Lipinski definition) is 4. The van der Waals surface area contributed by atoms with Crippen LogP contribution in [0, 0.1) is 0 Å². The van der Waals surface area contributed by atoms with Crippen LogP contribution in [0.4, 0.5) is 4.79 Å². The van der Waals surface area contributed by atoms with Crippen LogP contribution in [0.25, 0.3) is 10.9 Å². The van der Waals surface area contributed by atoms with Gasteiger partial charge in [0.15, 0.2) is 6.61 Å². The standard InChI is InChI=1S/C26H31N5O10/c1-2-40-26(39)31-11-9-30(10-12-31)25(38)16(7-8-19(33)34)22-21(24(27)37)23(15-5-3-4-6-17(15)29-22)41-14-18(32)28-13-20(35)36/h3-6,16H,2,7-14H2,1H3,(H2,27,37)(H,28,32)(H,33,34)(H,35,36). The summed E-state index contributed by atoms with van der Waals surface area (Å²) < 4.78 is 10.7. The van der Waals surface area contributed by atoms with Gasteiger partial charge in [-0.2, -0.15) is 0 Å². The molecule has 1 fully saturated rings. The number of nitrogens with zero attached hydrogens (tertiary/aromatic N) is 3. The number of carbonyl (C=O) groups is 6. The lowest BCUT2D eigenvalue weighted by Crippen LogP contribution is -2.52. The summed E-state index contributed by atoms with van der Waals surface area (Å²) in [5, 5.41) is 20.6. The Bertz CT molecular complexity index is 1340. The van der Waals surface area contributed by atoms with Gasteiger partial charge in [-0.3, -0.25) is 29.0 Å². The van der Waals surface area contributed by atoms with E-state index in [1.165, 1.54) is 9.80 Å². The summed E-state index contributed by atoms with van der Waals surface area (Å²) >= 11 is 0. The number of aromatic nitrogens is 1. The number of carboxylic acids is 2. The third kappa shape index (κ3) is 7.80. The van der Waals surface area contributed by atoms with E-state index in [1.807, 2.05) is 0 Å². The van der Waals surface area contributed by atoms with Crippen molar-refractivity contribution in [3.63, 3.8) is 0 Å². The number of pyridine rings is 1. The van der Waals surface area contributed by atoms with Gasteiger partial charge in [0.1, 0.15) is 17.9 Å². The number of amides is 4. The molecule has 2 heterocycles. The fraction of sp³-hybridized carbons (Fsp3) is 0.423. The highest BCUT2D eigenvalue weighted by Gasteiger charge is 2.35. The minimum atomic E-state index is -1.27. The summed E-state index contributed by atoms with van der Waals surface area (Å²) in [6.07, 6.45) is -1.17. The molecular formula is C26H31N5O10. The van der Waals surface area contributed by atoms with Crippen molar-refractivity contribution in [2.45, 2.75) is 25.7 Å². The molecule has 2 aromatic rings. The van der Waals surface area contributed by atoms with E-state index in [0.717, 1.165) is 0 Å². The molecule has 1 atom stereocenters. The van der Waals surface area contributed by atoms with Crippen LogP contribution in [0.5, 0.6) is 5.75 Å². The average molecular weight is 574 g/mol. The molecule has 0 aliphatic carbocycles. The second-order valence-electron chi connectivity index (χ2n) is 9.04. The molecular weight excluding hydrogens is 542 g/mol. The van der Waals surface area contributed by atoms with Crippen LogP contribution in [0.2, 0.25) is 0 Å². The lowest BCUT2D eigenvalue weighted by atomic mass is 9.91. The Labute approximate surface area is 234 Å². The topological polar surface area (TPSA) is 219 Å². The number of hydrogen-bond acceptors (Lipinski definition) is 9. The number of carbonyl (C=O) groups excluding carboxylic acids is 4. The molecule has 41 heavy (non-hydrogen) atoms. The Balaban J connectivity index is 2.02. The zero-order valence-corrected chi connectivity index (χ0v) is 22.3. The predicted molar refractivity (Wildman–Crippen MR) is 141 cm³/mol. The van der Waals surface area contributed by atoms with E-state index in [0.29, 0.717) is 5.39 Å². The van der Waals surface area contributed by atoms with Gasteiger partial charge in [-0.05, 0) is 25.5 Å². The van der Waals surface area contributed by atoms with Crippen molar-refractivity contribution in [2.24, 2.45) is 5.73 Å². The molecule has 0 spiro atoms. The minimum Gasteiger partial charge on any atom is -0.482 e. The molecule has 1 aromatic carbocycles. The largest absolute Gasteiger partial charge is 0.482 e. The van der Waals surface area contributed by atoms with Crippen molar-refractivity contribution in [3.05, 3.63) is 35.5 Å². The Morgan fingerprint density at radius 2 is 1.68 bits per heavy atom. The van der Waals surface area contributed by atoms with E-state index in [2.05, 4.69) is 10.3 Å². The molecule has 0 bridgehead atoms. The number of piperazine rings is 1. The summed E-state index contributed by atoms with van der Waals surface area (Å²) in [5.74, 6) is -6.16. The van der Waals surface area contributed by atoms with Gasteiger partial charge in [0.05, 0.1) is 23.7 Å². The zero-order valence-electron chi connectivity index (χ0n) is 22.3. The van der Waals surface area contributed by atoms with Crippen LogP contribution in [-0.2, 0) is 23.9 Å². The lowest BCUT2D eigenvalue weighted by Gasteiger charge is -2.36. The third-order valence-electron chi connectivity index (χ3n) is 6.30. The van der Waals surface area contributed by atoms with Crippen LogP contribution in [0.1, 0.15) is 41.7 Å². The molecule has 0 saturated carbocycles. The Hall–Kier alpha value is -4.95. The summed E-state index contributed by atoms with van der Waals surface area (Å²) in [4.78, 5) is 80.5. The third-order valence-corrected chi connectivity index (χ3v) is 6.30. The van der Waals surface area contributed by atoms with Gasteiger partial charge < -0.3 is 40.5 Å². The predicted octanol–water partition coefficient (Wildman–Crippen LogP) is 0.162. The van der Waals surface area contributed by atoms with Crippen molar-refractivity contribution >= 4 is 46.7 Å². The maximum Gasteiger partial charge on any atom is 0.409 e. The first-order chi connectivity index (χ1) is 19.5. The van der Waals surface area contributed by atoms with Crippen LogP contribution in [0.15, 0.2) is 24.3 Å². The second-order valence-corrected chi connectivity index (χ2v) is 9.04. The van der Waals surface area contributed by atoms with E-state index < -0.39 is 61.2 Å². The second kappa shape index (κ2) is 13.9. The highest BCUT2D eigenvalue weighted by atomic mass is 16.6. The van der Waals surface area contributed by atoms with Crippen molar-refractivity contribution < 1.29 is 48.5 Å². The SMILES string of the molecule is CCOC(=O)N1CCN(C(=O)C(CCC(=O)O)c2nc3ccccc3c(OCC(=O)NCC(=O)O)c2C(N)=O)CC1. The molecule has 15 heteroatoms. The van der Waals surface area contributed by atoms with Crippen molar-refractivity contribution in [2.75, 3.05) is 45.9 Å². The first-order valence-corrected chi connectivity index (χ1v) is 12.8. The number of para-hydroxylation sites is 1. The first kappa shape index (κ1) is 30.6. The maximum absolute atomic E-state index is 13.8. The highest BCUT2D eigenvalue weighted by Crippen LogP contribution is 2.36. The number of benzene rings is 1. The Kier molecular flexibility index (Phi) is 10.4. The van der Waals surface area contributed by atoms with Gasteiger partial charge in [-0.15, -0.1) is 0 Å². The van der Waals surface area contributed by atoms with Crippen molar-refractivity contribution in [1.29, 1.82) is 0 Å². The molecule has 1 aromatic heterocycles. The number of primary amides is 1. The minimum absolute atomic E-state index is 0.115. The first-order valence-electron chi connectivity index (χ1n) is 12.8. The Morgan fingerprint density at radius 3 is 2.29 bits per heavy atom. The van der Waals surface area contributed by atoms with E-state index in [1.54, 1.807) is 31.2 Å². The number of carboxylic acid groups (broad SMARTS) is 2. The molecule has 4 amide bonds. The molecule has 0 radical (unpaired) electrons. The van der Waals surface area contributed by atoms with Gasteiger partial charge >= 0.3 is 18.0 Å². The van der Waals surface area contributed by atoms with Gasteiger partial charge in [-0.25, -0.2) is 4.79 Å². The summed E-state index contributed by atoms with van der Waals surface area (Å²) in [6, 6.07) is 6.42. The Morgan fingerprint density at radius 1 is 1.02 bits per heavy atom. The molecule has 3 rings (SSSR count). The number of rotatable bonds is 12. The number of fused-ring (bicyclic) bond motifs is 1. The molecule has 1 aliphatic heterocycles. The van der Waals surface area contributed by atoms with Crippen LogP contribution in [-0.4, -0.2) is 107 Å². The summed E-state index contributed by atoms with van der Waals surface area (Å²) in [5.41, 5.74) is 5.60. The molecule has 220 valence electrons. The maximum atomic E-state index is 13.8. The lowest BCUT2D eigenvalue weighted by molar-refractivity contribution is -0.139. The van der Waals surface area contributed by atoms with Crippen LogP contribution >= 0.6 is 0 Å². The number of nitrogens with two attached hydrogens (primary N) is 1. The highest BCUT2D eigenvalue weighted by molar-refractivity contribution is 6.04. The smallest absolute Gasteiger partial charge is 0.409 e. The quantitative estimate of drug-likeness (QED) is 0.268. The number of ether oxygens (including phenoxy) is 2. The fourth-order valence-electron chi connectivity index (χ4n) is 4.39. The van der Waals surface area contributed by atoms with Crippen molar-refractivity contribution in [1.82, 2.24) is 20.1 Å². The van der Waals surface area contributed by atoms with E-state index >= 15 is 0 Å². The van der Waals surface area contributed by atoms with E-state index in [4.69, 9.17) is 20.3 Å². The number of nitrogens with one attached hydrogen (secondary N) is 1. The van der Waals surface area contributed by atoms with Crippen LogP contribution in [0.3, 0.4) is 0 Å². The van der Waals surface area contributed by atoms with E-state index in [9.17, 15) is 33.9 Å². The number of aliphatic carboxylic acids is 2. The molecule has 5 N–H and O–H groups in total. The summed E-state index contributed by atoms with van der Waals surface area (Å²) in [7, 11) is 0. The summed E-state index contributed by atoms with van der Waals surface area (Å²) in [6.45, 7) is 1.19. The van der Waals surface area contributed by atoms with Gasteiger partial charge in [-0.1, -0.05) is 12.1 Å². The molecule has 1 unspecified atom stereocenters. The van der Waals surface area contributed by atoms with Gasteiger partial charge in [0.25, 0.3) is 11.8 Å². The molecule has 1 saturated heterocycles.